The minimum Gasteiger partial charge on any atom is -0.339 e. The monoisotopic (exact) mass is 310 g/mol. The van der Waals surface area contributed by atoms with Crippen LogP contribution < -0.4 is 0 Å². The molecule has 1 aliphatic heterocycles. The van der Waals surface area contributed by atoms with Crippen molar-refractivity contribution in [1.29, 1.82) is 0 Å². The largest absolute Gasteiger partial charge is 0.339 e. The van der Waals surface area contributed by atoms with E-state index in [9.17, 15) is 9.59 Å². The average molecular weight is 310 g/mol. The molecule has 0 bridgehead atoms. The number of carbonyl (C=O) groups is 2. The van der Waals surface area contributed by atoms with Gasteiger partial charge in [0, 0.05) is 37.5 Å². The highest BCUT2D eigenvalue weighted by Gasteiger charge is 2.31. The van der Waals surface area contributed by atoms with Crippen molar-refractivity contribution >= 4 is 22.6 Å². The summed E-state index contributed by atoms with van der Waals surface area (Å²) in [5.74, 6) is 0.0434. The molecule has 1 aromatic heterocycles. The highest BCUT2D eigenvalue weighted by molar-refractivity contribution is 6.17. The van der Waals surface area contributed by atoms with Gasteiger partial charge in [-0.2, -0.15) is 0 Å². The molecule has 0 fully saturated rings. The molecule has 0 spiro atoms. The number of fused-ring (bicyclic) bond motifs is 3. The van der Waals surface area contributed by atoms with Gasteiger partial charge in [-0.05, 0) is 25.3 Å². The molecule has 1 aromatic carbocycles. The first kappa shape index (κ1) is 15.5. The van der Waals surface area contributed by atoms with Gasteiger partial charge in [0.2, 0.25) is 0 Å². The molecule has 0 unspecified atom stereocenters. The Kier molecular flexibility index (Phi) is 4.33. The van der Waals surface area contributed by atoms with Crippen molar-refractivity contribution in [3.05, 3.63) is 48.2 Å². The molecule has 1 aliphatic rings. The van der Waals surface area contributed by atoms with Gasteiger partial charge in [0.15, 0.2) is 5.78 Å². The standard InChI is InChI=1S/C19H22N2O2/c1-3-4-5-8-12-21-13-11-16(22)17-14-9-6-7-10-15(14)20(2)18(17)19(21)23/h3,6-7,9-10H,1,4-5,8,11-13H2,2H3. The summed E-state index contributed by atoms with van der Waals surface area (Å²) >= 11 is 0. The number of aryl methyl sites for hydroxylation is 1. The minimum absolute atomic E-state index is 0.0249. The van der Waals surface area contributed by atoms with E-state index >= 15 is 0 Å². The lowest BCUT2D eigenvalue weighted by atomic mass is 10.1. The van der Waals surface area contributed by atoms with Crippen molar-refractivity contribution in [1.82, 2.24) is 9.47 Å². The Morgan fingerprint density at radius 1 is 1.22 bits per heavy atom. The van der Waals surface area contributed by atoms with Gasteiger partial charge in [-0.25, -0.2) is 0 Å². The summed E-state index contributed by atoms with van der Waals surface area (Å²) in [7, 11) is 1.87. The summed E-state index contributed by atoms with van der Waals surface area (Å²) in [6, 6.07) is 7.74. The molecule has 0 radical (unpaired) electrons. The Labute approximate surface area is 136 Å². The van der Waals surface area contributed by atoms with Gasteiger partial charge >= 0.3 is 0 Å². The molecule has 120 valence electrons. The van der Waals surface area contributed by atoms with Crippen LogP contribution >= 0.6 is 0 Å². The quantitative estimate of drug-likeness (QED) is 0.626. The Morgan fingerprint density at radius 2 is 2.00 bits per heavy atom. The van der Waals surface area contributed by atoms with Crippen molar-refractivity contribution in [3.8, 4) is 0 Å². The number of benzene rings is 1. The summed E-state index contributed by atoms with van der Waals surface area (Å²) in [5.41, 5.74) is 2.08. The molecule has 0 atom stereocenters. The second-order valence-corrected chi connectivity index (χ2v) is 6.05. The van der Waals surface area contributed by atoms with Crippen LogP contribution in [0.3, 0.4) is 0 Å². The predicted molar refractivity (Wildman–Crippen MR) is 91.8 cm³/mol. The fourth-order valence-corrected chi connectivity index (χ4v) is 3.34. The van der Waals surface area contributed by atoms with Gasteiger partial charge in [-0.3, -0.25) is 9.59 Å². The maximum Gasteiger partial charge on any atom is 0.271 e. The summed E-state index contributed by atoms with van der Waals surface area (Å²) in [4.78, 5) is 27.4. The van der Waals surface area contributed by atoms with Crippen molar-refractivity contribution in [2.75, 3.05) is 13.1 Å². The smallest absolute Gasteiger partial charge is 0.271 e. The molecule has 0 N–H and O–H groups in total. The van der Waals surface area contributed by atoms with E-state index in [4.69, 9.17) is 0 Å². The van der Waals surface area contributed by atoms with Crippen LogP contribution in [0.2, 0.25) is 0 Å². The summed E-state index contributed by atoms with van der Waals surface area (Å²) in [6.45, 7) is 4.93. The first-order valence-electron chi connectivity index (χ1n) is 8.16. The Morgan fingerprint density at radius 3 is 2.78 bits per heavy atom. The van der Waals surface area contributed by atoms with E-state index < -0.39 is 0 Å². The number of para-hydroxylation sites is 1. The van der Waals surface area contributed by atoms with Crippen molar-refractivity contribution in [3.63, 3.8) is 0 Å². The lowest BCUT2D eigenvalue weighted by Crippen LogP contribution is -2.33. The van der Waals surface area contributed by atoms with Crippen LogP contribution in [0.4, 0.5) is 0 Å². The van der Waals surface area contributed by atoms with Crippen LogP contribution in [0.5, 0.6) is 0 Å². The van der Waals surface area contributed by atoms with Crippen molar-refractivity contribution in [2.24, 2.45) is 7.05 Å². The normalized spacial score (nSPS) is 14.9. The number of nitrogens with zero attached hydrogens (tertiary/aromatic N) is 2. The number of ketones is 1. The number of Topliss-reactive ketones (excluding diaryl/α,β-unsaturated/α-hetero) is 1. The Balaban J connectivity index is 1.98. The van der Waals surface area contributed by atoms with Crippen LogP contribution in [0.15, 0.2) is 36.9 Å². The van der Waals surface area contributed by atoms with E-state index in [1.165, 1.54) is 0 Å². The second kappa shape index (κ2) is 6.41. The molecule has 1 amide bonds. The van der Waals surface area contributed by atoms with Gasteiger partial charge in [0.1, 0.15) is 5.69 Å². The number of unbranched alkanes of at least 4 members (excludes halogenated alkanes) is 2. The molecular weight excluding hydrogens is 288 g/mol. The number of hydrogen-bond acceptors (Lipinski definition) is 2. The van der Waals surface area contributed by atoms with E-state index in [1.807, 2.05) is 46.9 Å². The van der Waals surface area contributed by atoms with Gasteiger partial charge in [-0.1, -0.05) is 24.3 Å². The molecule has 0 saturated carbocycles. The molecule has 2 heterocycles. The number of allylic oxidation sites excluding steroid dienone is 1. The lowest BCUT2D eigenvalue weighted by molar-refractivity contribution is 0.0747. The SMILES string of the molecule is C=CCCCCN1CCC(=O)c2c(n(C)c3ccccc23)C1=O. The molecule has 3 rings (SSSR count). The third-order valence-corrected chi connectivity index (χ3v) is 4.57. The topological polar surface area (TPSA) is 42.3 Å². The summed E-state index contributed by atoms with van der Waals surface area (Å²) in [5, 5.41) is 0.886. The zero-order valence-electron chi connectivity index (χ0n) is 13.5. The van der Waals surface area contributed by atoms with Crippen molar-refractivity contribution in [2.45, 2.75) is 25.7 Å². The van der Waals surface area contributed by atoms with E-state index in [0.29, 0.717) is 30.8 Å². The third-order valence-electron chi connectivity index (χ3n) is 4.57. The fraction of sp³-hybridized carbons (Fsp3) is 0.368. The van der Waals surface area contributed by atoms with E-state index in [-0.39, 0.29) is 11.7 Å². The van der Waals surface area contributed by atoms with Gasteiger partial charge in [0.25, 0.3) is 5.91 Å². The zero-order chi connectivity index (χ0) is 16.4. The maximum absolute atomic E-state index is 13.0. The molecule has 4 heteroatoms. The van der Waals surface area contributed by atoms with Gasteiger partial charge in [0.05, 0.1) is 5.56 Å². The number of hydrogen-bond donors (Lipinski definition) is 0. The van der Waals surface area contributed by atoms with Crippen LogP contribution in [-0.4, -0.2) is 34.2 Å². The molecule has 0 saturated heterocycles. The minimum atomic E-state index is -0.0249. The molecule has 2 aromatic rings. The fourth-order valence-electron chi connectivity index (χ4n) is 3.34. The van der Waals surface area contributed by atoms with Crippen LogP contribution in [0.1, 0.15) is 46.5 Å². The highest BCUT2D eigenvalue weighted by Crippen LogP contribution is 2.29. The first-order valence-corrected chi connectivity index (χ1v) is 8.16. The lowest BCUT2D eigenvalue weighted by Gasteiger charge is -2.20. The van der Waals surface area contributed by atoms with E-state index in [1.54, 1.807) is 0 Å². The van der Waals surface area contributed by atoms with Gasteiger partial charge < -0.3 is 9.47 Å². The van der Waals surface area contributed by atoms with Crippen LogP contribution in [-0.2, 0) is 7.05 Å². The summed E-state index contributed by atoms with van der Waals surface area (Å²) < 4.78 is 1.87. The Bertz CT molecular complexity index is 773. The number of carbonyl (C=O) groups excluding carboxylic acids is 2. The first-order chi connectivity index (χ1) is 11.1. The summed E-state index contributed by atoms with van der Waals surface area (Å²) in [6.07, 6.45) is 5.21. The molecular formula is C19H22N2O2. The van der Waals surface area contributed by atoms with Crippen molar-refractivity contribution < 1.29 is 9.59 Å². The number of rotatable bonds is 5. The highest BCUT2D eigenvalue weighted by atomic mass is 16.2. The van der Waals surface area contributed by atoms with E-state index in [0.717, 1.165) is 30.2 Å². The van der Waals surface area contributed by atoms with Crippen LogP contribution in [0.25, 0.3) is 10.9 Å². The predicted octanol–water partition coefficient (Wildman–Crippen LogP) is 3.56. The average Bonchev–Trinajstić information content (AvgIpc) is 2.79. The molecule has 4 nitrogen and oxygen atoms in total. The number of amides is 1. The van der Waals surface area contributed by atoms with Crippen LogP contribution in [0, 0.1) is 0 Å². The third kappa shape index (κ3) is 2.69. The van der Waals surface area contributed by atoms with E-state index in [2.05, 4.69) is 6.58 Å². The molecule has 0 aliphatic carbocycles. The number of aromatic nitrogens is 1. The van der Waals surface area contributed by atoms with Gasteiger partial charge in [-0.15, -0.1) is 6.58 Å². The Hall–Kier alpha value is -2.36. The second-order valence-electron chi connectivity index (χ2n) is 6.05. The maximum atomic E-state index is 13.0. The zero-order valence-corrected chi connectivity index (χ0v) is 13.5. The molecule has 23 heavy (non-hydrogen) atoms.